The van der Waals surface area contributed by atoms with Crippen LogP contribution in [0.15, 0.2) is 21.4 Å². The zero-order chi connectivity index (χ0) is 28.7. The Morgan fingerprint density at radius 3 is 2.46 bits per heavy atom. The summed E-state index contributed by atoms with van der Waals surface area (Å²) in [6, 6.07) is 3.37. The van der Waals surface area contributed by atoms with Gasteiger partial charge >= 0.3 is 6.09 Å². The van der Waals surface area contributed by atoms with E-state index in [-0.39, 0.29) is 30.7 Å². The highest BCUT2D eigenvalue weighted by molar-refractivity contribution is 9.10. The highest BCUT2D eigenvalue weighted by Gasteiger charge is 2.48. The molecule has 3 heterocycles. The number of carbonyl (C=O) groups is 2. The van der Waals surface area contributed by atoms with Crippen LogP contribution >= 0.6 is 15.9 Å². The van der Waals surface area contributed by atoms with Gasteiger partial charge in [0.15, 0.2) is 11.5 Å². The number of pyridine rings is 1. The lowest BCUT2D eigenvalue weighted by molar-refractivity contribution is -0.185. The Morgan fingerprint density at radius 2 is 1.85 bits per heavy atom. The summed E-state index contributed by atoms with van der Waals surface area (Å²) < 4.78 is 24.5. The molecule has 1 saturated heterocycles. The molecule has 11 heteroatoms. The molecule has 3 atom stereocenters. The predicted molar refractivity (Wildman–Crippen MR) is 148 cm³/mol. The molecule has 2 aliphatic heterocycles. The van der Waals surface area contributed by atoms with Crippen molar-refractivity contribution in [2.45, 2.75) is 91.4 Å². The van der Waals surface area contributed by atoms with E-state index in [0.717, 1.165) is 11.3 Å². The van der Waals surface area contributed by atoms with Gasteiger partial charge in [-0.25, -0.2) is 4.79 Å². The fraction of sp³-hybridized carbons (Fsp3) is 0.536. The molecule has 10 nitrogen and oxygen atoms in total. The molecule has 0 spiro atoms. The molecule has 2 amide bonds. The number of H-pyrrole nitrogens is 1. The average Bonchev–Trinajstić information content (AvgIpc) is 3.19. The molecule has 1 aromatic heterocycles. The number of alkyl carbamates (subject to hydrolysis) is 1. The number of aromatic amines is 1. The maximum Gasteiger partial charge on any atom is 0.407 e. The molecule has 0 radical (unpaired) electrons. The highest BCUT2D eigenvalue weighted by Crippen LogP contribution is 2.49. The number of nitrogens with one attached hydrogen (secondary N) is 3. The number of benzene rings is 1. The number of rotatable bonds is 5. The van der Waals surface area contributed by atoms with Gasteiger partial charge in [0.05, 0.1) is 17.1 Å². The SMILES string of the molecule is Cc1cc(C)c(CNC(=O)c2cc(Br)c3c(c2C)OC(C)([C@@H]2CC[C@@H](NC(=O)OC(C)(C)C)CO2)O3)c(=O)[nH]1. The third-order valence-electron chi connectivity index (χ3n) is 6.79. The van der Waals surface area contributed by atoms with Gasteiger partial charge in [-0.1, -0.05) is 0 Å². The van der Waals surface area contributed by atoms with Crippen LogP contribution in [0.2, 0.25) is 0 Å². The summed E-state index contributed by atoms with van der Waals surface area (Å²) in [5, 5.41) is 5.69. The molecule has 39 heavy (non-hydrogen) atoms. The molecule has 4 rings (SSSR count). The van der Waals surface area contributed by atoms with Crippen LogP contribution in [0.3, 0.4) is 0 Å². The molecule has 0 aliphatic carbocycles. The maximum atomic E-state index is 13.1. The van der Waals surface area contributed by atoms with Crippen LogP contribution in [0.5, 0.6) is 11.5 Å². The van der Waals surface area contributed by atoms with E-state index in [4.69, 9.17) is 18.9 Å². The molecular weight excluding hydrogens is 570 g/mol. The fourth-order valence-electron chi connectivity index (χ4n) is 4.83. The van der Waals surface area contributed by atoms with Gasteiger partial charge in [-0.05, 0) is 88.0 Å². The fourth-order valence-corrected chi connectivity index (χ4v) is 5.32. The Labute approximate surface area is 236 Å². The van der Waals surface area contributed by atoms with Crippen LogP contribution < -0.4 is 25.7 Å². The van der Waals surface area contributed by atoms with Crippen LogP contribution in [-0.2, 0) is 16.0 Å². The van der Waals surface area contributed by atoms with Crippen molar-refractivity contribution >= 4 is 27.9 Å². The van der Waals surface area contributed by atoms with E-state index in [2.05, 4.69) is 31.5 Å². The summed E-state index contributed by atoms with van der Waals surface area (Å²) in [6.45, 7) is 13.1. The molecular formula is C28H36BrN3O7. The van der Waals surface area contributed by atoms with Crippen molar-refractivity contribution in [2.75, 3.05) is 6.61 Å². The van der Waals surface area contributed by atoms with E-state index in [9.17, 15) is 14.4 Å². The summed E-state index contributed by atoms with van der Waals surface area (Å²) in [7, 11) is 0. The van der Waals surface area contributed by atoms with E-state index in [1.165, 1.54) is 0 Å². The van der Waals surface area contributed by atoms with Crippen molar-refractivity contribution in [2.24, 2.45) is 0 Å². The molecule has 1 aromatic carbocycles. The Hall–Kier alpha value is -3.05. The summed E-state index contributed by atoms with van der Waals surface area (Å²) in [6.07, 6.45) is 0.364. The number of carbonyl (C=O) groups excluding carboxylic acids is 2. The van der Waals surface area contributed by atoms with Crippen molar-refractivity contribution in [3.05, 3.63) is 54.9 Å². The maximum absolute atomic E-state index is 13.1. The summed E-state index contributed by atoms with van der Waals surface area (Å²) >= 11 is 3.52. The summed E-state index contributed by atoms with van der Waals surface area (Å²) in [5.41, 5.74) is 2.31. The molecule has 212 valence electrons. The first kappa shape index (κ1) is 28.9. The standard InChI is InChI=1S/C28H36BrN3O7/c1-14-10-15(2)31-25(34)19(14)12-30-24(33)18-11-20(29)23-22(16(18)3)37-28(7,38-23)21-9-8-17(13-36-21)32-26(35)39-27(4,5)6/h10-11,17,21H,8-9,12-13H2,1-7H3,(H,30,33)(H,31,34)(H,32,35)/t17-,21+,28?/m1/s1. The van der Waals surface area contributed by atoms with Gasteiger partial charge in [-0.2, -0.15) is 0 Å². The Kier molecular flexibility index (Phi) is 8.05. The van der Waals surface area contributed by atoms with Gasteiger partial charge in [0.2, 0.25) is 0 Å². The second-order valence-electron chi connectivity index (χ2n) is 11.3. The lowest BCUT2D eigenvalue weighted by atomic mass is 9.99. The third kappa shape index (κ3) is 6.41. The van der Waals surface area contributed by atoms with Crippen LogP contribution in [0.4, 0.5) is 4.79 Å². The number of aryl methyl sites for hydroxylation is 2. The van der Waals surface area contributed by atoms with Crippen molar-refractivity contribution < 1.29 is 28.5 Å². The first-order valence-corrected chi connectivity index (χ1v) is 13.8. The van der Waals surface area contributed by atoms with Gasteiger partial charge in [-0.15, -0.1) is 0 Å². The van der Waals surface area contributed by atoms with Gasteiger partial charge in [0, 0.05) is 35.9 Å². The Balaban J connectivity index is 1.42. The minimum atomic E-state index is -1.12. The van der Waals surface area contributed by atoms with Crippen LogP contribution in [0.25, 0.3) is 0 Å². The largest absolute Gasteiger partial charge is 0.446 e. The van der Waals surface area contributed by atoms with Crippen LogP contribution in [0, 0.1) is 20.8 Å². The van der Waals surface area contributed by atoms with Crippen molar-refractivity contribution in [3.8, 4) is 11.5 Å². The van der Waals surface area contributed by atoms with Crippen molar-refractivity contribution in [1.29, 1.82) is 0 Å². The smallest absolute Gasteiger partial charge is 0.407 e. The predicted octanol–water partition coefficient (Wildman–Crippen LogP) is 4.55. The number of halogens is 1. The number of amides is 2. The zero-order valence-electron chi connectivity index (χ0n) is 23.4. The highest BCUT2D eigenvalue weighted by atomic mass is 79.9. The first-order chi connectivity index (χ1) is 18.2. The molecule has 3 N–H and O–H groups in total. The Bertz CT molecular complexity index is 1340. The second kappa shape index (κ2) is 10.8. The van der Waals surface area contributed by atoms with Crippen LogP contribution in [0.1, 0.15) is 73.3 Å². The number of aromatic nitrogens is 1. The number of hydrogen-bond acceptors (Lipinski definition) is 7. The minimum absolute atomic E-state index is 0.0951. The molecule has 1 fully saturated rings. The van der Waals surface area contributed by atoms with Gasteiger partial charge < -0.3 is 34.6 Å². The monoisotopic (exact) mass is 605 g/mol. The molecule has 1 unspecified atom stereocenters. The lowest BCUT2D eigenvalue weighted by Gasteiger charge is -2.37. The summed E-state index contributed by atoms with van der Waals surface area (Å²) in [5.74, 6) is -0.500. The number of fused-ring (bicyclic) bond motifs is 1. The minimum Gasteiger partial charge on any atom is -0.446 e. The topological polar surface area (TPSA) is 128 Å². The normalized spacial score (nSPS) is 22.4. The molecule has 2 aromatic rings. The Morgan fingerprint density at radius 1 is 1.15 bits per heavy atom. The quantitative estimate of drug-likeness (QED) is 0.456. The van der Waals surface area contributed by atoms with E-state index in [0.29, 0.717) is 45.5 Å². The molecule has 0 saturated carbocycles. The van der Waals surface area contributed by atoms with E-state index in [1.807, 2.05) is 40.7 Å². The van der Waals surface area contributed by atoms with E-state index in [1.54, 1.807) is 19.9 Å². The number of hydrogen-bond donors (Lipinski definition) is 3. The van der Waals surface area contributed by atoms with E-state index >= 15 is 0 Å². The number of ether oxygens (including phenoxy) is 4. The second-order valence-corrected chi connectivity index (χ2v) is 12.1. The zero-order valence-corrected chi connectivity index (χ0v) is 25.0. The van der Waals surface area contributed by atoms with Gasteiger partial charge in [0.1, 0.15) is 11.7 Å². The first-order valence-electron chi connectivity index (χ1n) is 13.0. The molecule has 2 aliphatic rings. The molecule has 0 bridgehead atoms. The van der Waals surface area contributed by atoms with Crippen LogP contribution in [-0.4, -0.2) is 47.1 Å². The van der Waals surface area contributed by atoms with Crippen molar-refractivity contribution in [1.82, 2.24) is 15.6 Å². The van der Waals surface area contributed by atoms with Crippen molar-refractivity contribution in [3.63, 3.8) is 0 Å². The summed E-state index contributed by atoms with van der Waals surface area (Å²) in [4.78, 5) is 40.4. The lowest BCUT2D eigenvalue weighted by Crippen LogP contribution is -2.54. The average molecular weight is 607 g/mol. The van der Waals surface area contributed by atoms with Gasteiger partial charge in [-0.3, -0.25) is 9.59 Å². The van der Waals surface area contributed by atoms with Gasteiger partial charge in [0.25, 0.3) is 17.3 Å². The third-order valence-corrected chi connectivity index (χ3v) is 7.38. The van der Waals surface area contributed by atoms with E-state index < -0.39 is 23.6 Å².